The third-order valence-corrected chi connectivity index (χ3v) is 5.09. The molecule has 2 unspecified atom stereocenters. The zero-order chi connectivity index (χ0) is 13.9. The molecule has 2 N–H and O–H groups in total. The fourth-order valence-electron chi connectivity index (χ4n) is 2.62. The average molecular weight is 284 g/mol. The Bertz CT molecular complexity index is 559. The van der Waals surface area contributed by atoms with E-state index in [1.807, 2.05) is 0 Å². The molecule has 1 heterocycles. The molecule has 2 rings (SSSR count). The Morgan fingerprint density at radius 3 is 2.79 bits per heavy atom. The van der Waals surface area contributed by atoms with Gasteiger partial charge < -0.3 is 4.98 Å². The van der Waals surface area contributed by atoms with Gasteiger partial charge in [0.05, 0.1) is 4.90 Å². The molecule has 19 heavy (non-hydrogen) atoms. The summed E-state index contributed by atoms with van der Waals surface area (Å²) in [4.78, 5) is 13.4. The predicted octanol–water partition coefficient (Wildman–Crippen LogP) is 1.48. The van der Waals surface area contributed by atoms with Crippen molar-refractivity contribution < 1.29 is 8.42 Å². The van der Waals surface area contributed by atoms with E-state index < -0.39 is 10.0 Å². The van der Waals surface area contributed by atoms with E-state index in [0.29, 0.717) is 18.4 Å². The van der Waals surface area contributed by atoms with Crippen LogP contribution in [0.4, 0.5) is 0 Å². The maximum Gasteiger partial charge on any atom is 0.247 e. The van der Waals surface area contributed by atoms with Crippen molar-refractivity contribution >= 4 is 10.0 Å². The average Bonchev–Trinajstić information content (AvgIpc) is 2.37. The van der Waals surface area contributed by atoms with E-state index in [2.05, 4.69) is 16.6 Å². The van der Waals surface area contributed by atoms with Crippen molar-refractivity contribution in [3.05, 3.63) is 28.7 Å². The zero-order valence-electron chi connectivity index (χ0n) is 11.1. The highest BCUT2D eigenvalue weighted by molar-refractivity contribution is 7.89. The van der Waals surface area contributed by atoms with E-state index in [4.69, 9.17) is 0 Å². The fourth-order valence-corrected chi connectivity index (χ4v) is 3.70. The standard InChI is InChI=1S/C13H20N2O3S/c1-10-3-2-4-11(7-10)8-15-19(17,18)12-5-6-13(16)14-9-12/h5-6,9-11,15H,2-4,7-8H2,1H3,(H,14,16). The van der Waals surface area contributed by atoms with Crippen LogP contribution in [0.5, 0.6) is 0 Å². The quantitative estimate of drug-likeness (QED) is 0.879. The number of aromatic nitrogens is 1. The lowest BCUT2D eigenvalue weighted by molar-refractivity contribution is 0.283. The molecule has 1 fully saturated rings. The van der Waals surface area contributed by atoms with Gasteiger partial charge in [0.25, 0.3) is 0 Å². The summed E-state index contributed by atoms with van der Waals surface area (Å²) >= 11 is 0. The van der Waals surface area contributed by atoms with Crippen molar-refractivity contribution in [3.8, 4) is 0 Å². The molecule has 0 saturated heterocycles. The van der Waals surface area contributed by atoms with Crippen LogP contribution in [-0.2, 0) is 10.0 Å². The van der Waals surface area contributed by atoms with Crippen LogP contribution in [0.1, 0.15) is 32.6 Å². The van der Waals surface area contributed by atoms with Gasteiger partial charge in [0.1, 0.15) is 0 Å². The molecule has 0 aliphatic heterocycles. The highest BCUT2D eigenvalue weighted by Crippen LogP contribution is 2.28. The third-order valence-electron chi connectivity index (χ3n) is 3.67. The Balaban J connectivity index is 1.97. The molecule has 1 aliphatic rings. The van der Waals surface area contributed by atoms with Gasteiger partial charge in [0, 0.05) is 18.8 Å². The number of nitrogens with one attached hydrogen (secondary N) is 2. The molecule has 1 aromatic rings. The van der Waals surface area contributed by atoms with E-state index in [9.17, 15) is 13.2 Å². The van der Waals surface area contributed by atoms with Gasteiger partial charge in [-0.3, -0.25) is 4.79 Å². The molecule has 0 amide bonds. The first-order valence-corrected chi connectivity index (χ1v) is 8.14. The number of H-pyrrole nitrogens is 1. The van der Waals surface area contributed by atoms with Crippen LogP contribution in [0.2, 0.25) is 0 Å². The zero-order valence-corrected chi connectivity index (χ0v) is 11.9. The topological polar surface area (TPSA) is 79.0 Å². The second kappa shape index (κ2) is 5.88. The van der Waals surface area contributed by atoms with Gasteiger partial charge in [0.15, 0.2) is 0 Å². The summed E-state index contributed by atoms with van der Waals surface area (Å²) in [5.41, 5.74) is -0.306. The van der Waals surface area contributed by atoms with Gasteiger partial charge in [-0.15, -0.1) is 0 Å². The third kappa shape index (κ3) is 3.91. The molecule has 1 aromatic heterocycles. The summed E-state index contributed by atoms with van der Waals surface area (Å²) in [6.45, 7) is 2.69. The summed E-state index contributed by atoms with van der Waals surface area (Å²) in [6.07, 6.45) is 5.80. The van der Waals surface area contributed by atoms with Crippen LogP contribution in [0.25, 0.3) is 0 Å². The molecule has 1 saturated carbocycles. The second-order valence-electron chi connectivity index (χ2n) is 5.38. The van der Waals surface area contributed by atoms with E-state index >= 15 is 0 Å². The lowest BCUT2D eigenvalue weighted by Gasteiger charge is -2.26. The summed E-state index contributed by atoms with van der Waals surface area (Å²) in [5, 5.41) is 0. The lowest BCUT2D eigenvalue weighted by Crippen LogP contribution is -2.31. The Labute approximate surface area is 113 Å². The number of sulfonamides is 1. The lowest BCUT2D eigenvalue weighted by atomic mass is 9.83. The van der Waals surface area contributed by atoms with Gasteiger partial charge in [-0.1, -0.05) is 19.8 Å². The first-order chi connectivity index (χ1) is 8.97. The van der Waals surface area contributed by atoms with Crippen LogP contribution in [0.15, 0.2) is 28.0 Å². The van der Waals surface area contributed by atoms with Crippen molar-refractivity contribution in [3.63, 3.8) is 0 Å². The number of rotatable bonds is 4. The first-order valence-electron chi connectivity index (χ1n) is 6.66. The molecular formula is C13H20N2O3S. The minimum atomic E-state index is -3.51. The molecule has 0 bridgehead atoms. The SMILES string of the molecule is CC1CCCC(CNS(=O)(=O)c2ccc(=O)[nH]c2)C1. The van der Waals surface area contributed by atoms with Crippen molar-refractivity contribution in [1.82, 2.24) is 9.71 Å². The molecule has 6 heteroatoms. The highest BCUT2D eigenvalue weighted by atomic mass is 32.2. The van der Waals surface area contributed by atoms with Crippen LogP contribution >= 0.6 is 0 Å². The van der Waals surface area contributed by atoms with Crippen molar-refractivity contribution in [2.75, 3.05) is 6.54 Å². The van der Waals surface area contributed by atoms with Crippen molar-refractivity contribution in [2.45, 2.75) is 37.5 Å². The number of pyridine rings is 1. The summed E-state index contributed by atoms with van der Waals surface area (Å²) < 4.78 is 26.7. The normalized spacial score (nSPS) is 24.3. The summed E-state index contributed by atoms with van der Waals surface area (Å²) in [6, 6.07) is 2.54. The van der Waals surface area contributed by atoms with E-state index in [-0.39, 0.29) is 10.5 Å². The number of hydrogen-bond acceptors (Lipinski definition) is 3. The van der Waals surface area contributed by atoms with Crippen molar-refractivity contribution in [1.29, 1.82) is 0 Å². The molecule has 5 nitrogen and oxygen atoms in total. The molecular weight excluding hydrogens is 264 g/mol. The van der Waals surface area contributed by atoms with Crippen molar-refractivity contribution in [2.24, 2.45) is 11.8 Å². The largest absolute Gasteiger partial charge is 0.328 e. The van der Waals surface area contributed by atoms with Crippen LogP contribution in [0.3, 0.4) is 0 Å². The van der Waals surface area contributed by atoms with Crippen LogP contribution in [0, 0.1) is 11.8 Å². The molecule has 1 aliphatic carbocycles. The molecule has 106 valence electrons. The van der Waals surface area contributed by atoms with E-state index in [0.717, 1.165) is 12.8 Å². The Hall–Kier alpha value is -1.14. The van der Waals surface area contributed by atoms with E-state index in [1.54, 1.807) is 0 Å². The van der Waals surface area contributed by atoms with Crippen LogP contribution in [-0.4, -0.2) is 19.9 Å². The minimum absolute atomic E-state index is 0.107. The number of aromatic amines is 1. The fraction of sp³-hybridized carbons (Fsp3) is 0.615. The Kier molecular flexibility index (Phi) is 4.42. The first kappa shape index (κ1) is 14.3. The van der Waals surface area contributed by atoms with Gasteiger partial charge in [-0.25, -0.2) is 13.1 Å². The second-order valence-corrected chi connectivity index (χ2v) is 7.15. The summed E-state index contributed by atoms with van der Waals surface area (Å²) in [5.74, 6) is 1.10. The molecule has 0 spiro atoms. The summed E-state index contributed by atoms with van der Waals surface area (Å²) in [7, 11) is -3.51. The Morgan fingerprint density at radius 1 is 1.37 bits per heavy atom. The maximum atomic E-state index is 12.0. The van der Waals surface area contributed by atoms with Gasteiger partial charge >= 0.3 is 0 Å². The Morgan fingerprint density at radius 2 is 2.16 bits per heavy atom. The molecule has 2 atom stereocenters. The maximum absolute atomic E-state index is 12.0. The van der Waals surface area contributed by atoms with Crippen LogP contribution < -0.4 is 10.3 Å². The molecule has 0 radical (unpaired) electrons. The minimum Gasteiger partial charge on any atom is -0.328 e. The van der Waals surface area contributed by atoms with E-state index in [1.165, 1.54) is 31.2 Å². The highest BCUT2D eigenvalue weighted by Gasteiger charge is 2.21. The smallest absolute Gasteiger partial charge is 0.247 e. The monoisotopic (exact) mass is 284 g/mol. The van der Waals surface area contributed by atoms with Gasteiger partial charge in [-0.2, -0.15) is 0 Å². The number of hydrogen-bond donors (Lipinski definition) is 2. The van der Waals surface area contributed by atoms with Gasteiger partial charge in [-0.05, 0) is 30.7 Å². The predicted molar refractivity (Wildman–Crippen MR) is 73.4 cm³/mol. The molecule has 0 aromatic carbocycles. The van der Waals surface area contributed by atoms with Gasteiger partial charge in [0.2, 0.25) is 15.6 Å².